The van der Waals surface area contributed by atoms with E-state index < -0.39 is 6.10 Å². The second-order valence-corrected chi connectivity index (χ2v) is 6.71. The molecule has 0 saturated carbocycles. The summed E-state index contributed by atoms with van der Waals surface area (Å²) >= 11 is 0. The molecule has 1 aromatic rings. The van der Waals surface area contributed by atoms with Gasteiger partial charge < -0.3 is 29.0 Å². The van der Waals surface area contributed by atoms with Crippen LogP contribution in [0.25, 0.3) is 0 Å². The molecule has 1 aliphatic rings. The first-order valence-electron chi connectivity index (χ1n) is 8.84. The zero-order valence-corrected chi connectivity index (χ0v) is 15.8. The first-order chi connectivity index (χ1) is 12.1. The van der Waals surface area contributed by atoms with Crippen LogP contribution < -0.4 is 14.2 Å². The van der Waals surface area contributed by atoms with Crippen LogP contribution in [0.2, 0.25) is 0 Å². The van der Waals surface area contributed by atoms with Gasteiger partial charge in [0, 0.05) is 13.1 Å². The minimum absolute atomic E-state index is 0.307. The molecule has 1 heterocycles. The lowest BCUT2D eigenvalue weighted by molar-refractivity contribution is 0.00369. The van der Waals surface area contributed by atoms with Gasteiger partial charge in [0.2, 0.25) is 5.75 Å². The molecule has 2 rings (SSSR count). The van der Waals surface area contributed by atoms with Crippen LogP contribution in [0.5, 0.6) is 17.2 Å². The van der Waals surface area contributed by atoms with Crippen LogP contribution in [0.1, 0.15) is 25.3 Å². The first kappa shape index (κ1) is 19.8. The normalized spacial score (nSPS) is 19.5. The molecule has 0 aromatic heterocycles. The average molecular weight is 353 g/mol. The van der Waals surface area contributed by atoms with Gasteiger partial charge in [0.05, 0.1) is 40.6 Å². The largest absolute Gasteiger partial charge is 0.493 e. The Hall–Kier alpha value is -1.50. The van der Waals surface area contributed by atoms with Crippen molar-refractivity contribution < 1.29 is 24.1 Å². The monoisotopic (exact) mass is 353 g/mol. The maximum absolute atomic E-state index is 10.2. The molecule has 25 heavy (non-hydrogen) atoms. The number of benzene rings is 1. The lowest BCUT2D eigenvalue weighted by atomic mass is 10.0. The van der Waals surface area contributed by atoms with Crippen LogP contribution in [0.4, 0.5) is 0 Å². The number of aliphatic hydroxyl groups excluding tert-OH is 1. The molecule has 2 atom stereocenters. The maximum atomic E-state index is 10.2. The van der Waals surface area contributed by atoms with Crippen molar-refractivity contribution in [3.8, 4) is 17.2 Å². The van der Waals surface area contributed by atoms with Crippen molar-refractivity contribution in [1.82, 2.24) is 4.90 Å². The van der Waals surface area contributed by atoms with Crippen molar-refractivity contribution in [2.75, 3.05) is 47.6 Å². The van der Waals surface area contributed by atoms with E-state index in [0.717, 1.165) is 18.7 Å². The van der Waals surface area contributed by atoms with Crippen LogP contribution in [-0.4, -0.2) is 63.7 Å². The van der Waals surface area contributed by atoms with Crippen LogP contribution in [0, 0.1) is 5.92 Å². The lowest BCUT2D eigenvalue weighted by Gasteiger charge is -2.32. The first-order valence-corrected chi connectivity index (χ1v) is 8.84. The van der Waals surface area contributed by atoms with E-state index in [-0.39, 0.29) is 0 Å². The number of likely N-dealkylation sites (tertiary alicyclic amines) is 1. The highest BCUT2D eigenvalue weighted by molar-refractivity contribution is 5.53. The highest BCUT2D eigenvalue weighted by Gasteiger charge is 2.19. The molecular weight excluding hydrogens is 322 g/mol. The predicted octanol–water partition coefficient (Wildman–Crippen LogP) is 2.32. The molecule has 0 unspecified atom stereocenters. The predicted molar refractivity (Wildman–Crippen MR) is 96.6 cm³/mol. The summed E-state index contributed by atoms with van der Waals surface area (Å²) in [6.45, 7) is 5.74. The molecular formula is C19H31NO5. The van der Waals surface area contributed by atoms with Crippen LogP contribution in [0.3, 0.4) is 0 Å². The molecule has 6 heteroatoms. The third-order valence-corrected chi connectivity index (χ3v) is 4.51. The van der Waals surface area contributed by atoms with Gasteiger partial charge in [-0.2, -0.15) is 0 Å². The summed E-state index contributed by atoms with van der Waals surface area (Å²) in [7, 11) is 4.75. The van der Waals surface area contributed by atoms with Crippen molar-refractivity contribution in [3.63, 3.8) is 0 Å². The SMILES string of the molecule is COc1cc(COC[C@@H](O)CN2CCC[C@@H](C)C2)cc(OC)c1OC. The third kappa shape index (κ3) is 5.76. The number of β-amino-alcohol motifs (C(OH)–C–C–N with tert-alkyl or cyclic N) is 1. The zero-order valence-electron chi connectivity index (χ0n) is 15.8. The summed E-state index contributed by atoms with van der Waals surface area (Å²) < 4.78 is 21.7. The quantitative estimate of drug-likeness (QED) is 0.735. The van der Waals surface area contributed by atoms with E-state index in [1.54, 1.807) is 21.3 Å². The molecule has 1 N–H and O–H groups in total. The third-order valence-electron chi connectivity index (χ3n) is 4.51. The van der Waals surface area contributed by atoms with E-state index in [4.69, 9.17) is 18.9 Å². The van der Waals surface area contributed by atoms with Gasteiger partial charge in [0.15, 0.2) is 11.5 Å². The van der Waals surface area contributed by atoms with E-state index >= 15 is 0 Å². The van der Waals surface area contributed by atoms with Crippen molar-refractivity contribution in [2.24, 2.45) is 5.92 Å². The Labute approximate surface area is 150 Å². The highest BCUT2D eigenvalue weighted by atomic mass is 16.5. The molecule has 0 radical (unpaired) electrons. The second-order valence-electron chi connectivity index (χ2n) is 6.71. The fourth-order valence-electron chi connectivity index (χ4n) is 3.33. The van der Waals surface area contributed by atoms with E-state index in [2.05, 4.69) is 11.8 Å². The fraction of sp³-hybridized carbons (Fsp3) is 0.684. The van der Waals surface area contributed by atoms with Gasteiger partial charge in [-0.1, -0.05) is 6.92 Å². The van der Waals surface area contributed by atoms with Gasteiger partial charge >= 0.3 is 0 Å². The van der Waals surface area contributed by atoms with Gasteiger partial charge in [0.25, 0.3) is 0 Å². The van der Waals surface area contributed by atoms with Crippen LogP contribution >= 0.6 is 0 Å². The summed E-state index contributed by atoms with van der Waals surface area (Å²) in [6, 6.07) is 3.72. The average Bonchev–Trinajstić information content (AvgIpc) is 2.60. The zero-order chi connectivity index (χ0) is 18.2. The van der Waals surface area contributed by atoms with Gasteiger partial charge in [-0.3, -0.25) is 0 Å². The van der Waals surface area contributed by atoms with E-state index in [1.165, 1.54) is 12.8 Å². The molecule has 0 aliphatic carbocycles. The van der Waals surface area contributed by atoms with E-state index in [9.17, 15) is 5.11 Å². The molecule has 0 spiro atoms. The Morgan fingerprint density at radius 3 is 2.40 bits per heavy atom. The fourth-order valence-corrected chi connectivity index (χ4v) is 3.33. The van der Waals surface area contributed by atoms with Crippen molar-refractivity contribution in [3.05, 3.63) is 17.7 Å². The second kappa shape index (κ2) is 9.85. The highest BCUT2D eigenvalue weighted by Crippen LogP contribution is 2.38. The van der Waals surface area contributed by atoms with Crippen molar-refractivity contribution in [1.29, 1.82) is 0 Å². The number of hydrogen-bond donors (Lipinski definition) is 1. The van der Waals surface area contributed by atoms with Gasteiger partial charge in [0.1, 0.15) is 0 Å². The molecule has 1 aromatic carbocycles. The molecule has 1 aliphatic heterocycles. The Morgan fingerprint density at radius 1 is 1.16 bits per heavy atom. The minimum atomic E-state index is -0.479. The Morgan fingerprint density at radius 2 is 1.84 bits per heavy atom. The summed E-state index contributed by atoms with van der Waals surface area (Å²) in [5.74, 6) is 2.47. The number of nitrogens with zero attached hydrogens (tertiary/aromatic N) is 1. The molecule has 1 fully saturated rings. The van der Waals surface area contributed by atoms with Crippen LogP contribution in [-0.2, 0) is 11.3 Å². The van der Waals surface area contributed by atoms with Gasteiger partial charge in [-0.15, -0.1) is 0 Å². The standard InChI is InChI=1S/C19H31NO5/c1-14-6-5-7-20(10-14)11-16(21)13-25-12-15-8-17(22-2)19(24-4)18(9-15)23-3/h8-9,14,16,21H,5-7,10-13H2,1-4H3/t14-,16+/m1/s1. The Kier molecular flexibility index (Phi) is 7.81. The van der Waals surface area contributed by atoms with Crippen LogP contribution in [0.15, 0.2) is 12.1 Å². The Balaban J connectivity index is 1.84. The number of hydrogen-bond acceptors (Lipinski definition) is 6. The number of piperidine rings is 1. The molecule has 142 valence electrons. The summed E-state index contributed by atoms with van der Waals surface area (Å²) in [6.07, 6.45) is 2.01. The number of rotatable bonds is 9. The number of ether oxygens (including phenoxy) is 4. The Bertz CT molecular complexity index is 512. The van der Waals surface area contributed by atoms with E-state index in [0.29, 0.717) is 42.9 Å². The topological polar surface area (TPSA) is 60.4 Å². The molecule has 0 amide bonds. The van der Waals surface area contributed by atoms with Crippen molar-refractivity contribution in [2.45, 2.75) is 32.5 Å². The summed E-state index contributed by atoms with van der Waals surface area (Å²) in [5.41, 5.74) is 0.910. The molecule has 6 nitrogen and oxygen atoms in total. The maximum Gasteiger partial charge on any atom is 0.203 e. The number of aliphatic hydroxyl groups is 1. The van der Waals surface area contributed by atoms with Gasteiger partial charge in [-0.25, -0.2) is 0 Å². The van der Waals surface area contributed by atoms with E-state index in [1.807, 2.05) is 12.1 Å². The lowest BCUT2D eigenvalue weighted by Crippen LogP contribution is -2.40. The molecule has 0 bridgehead atoms. The number of methoxy groups -OCH3 is 3. The summed E-state index contributed by atoms with van der Waals surface area (Å²) in [5, 5.41) is 10.2. The van der Waals surface area contributed by atoms with Gasteiger partial charge in [-0.05, 0) is 43.0 Å². The molecule has 1 saturated heterocycles. The smallest absolute Gasteiger partial charge is 0.203 e. The van der Waals surface area contributed by atoms with Crippen molar-refractivity contribution >= 4 is 0 Å². The minimum Gasteiger partial charge on any atom is -0.493 e. The summed E-state index contributed by atoms with van der Waals surface area (Å²) in [4.78, 5) is 2.32.